The Labute approximate surface area is 140 Å². The number of anilines is 1. The Morgan fingerprint density at radius 3 is 2.79 bits per heavy atom. The summed E-state index contributed by atoms with van der Waals surface area (Å²) in [5, 5.41) is 3.10. The molecule has 6 heteroatoms. The monoisotopic (exact) mass is 329 g/mol. The summed E-state index contributed by atoms with van der Waals surface area (Å²) in [7, 11) is 1.85. The molecule has 0 unspecified atom stereocenters. The summed E-state index contributed by atoms with van der Waals surface area (Å²) >= 11 is 0. The smallest absolute Gasteiger partial charge is 0.254 e. The van der Waals surface area contributed by atoms with Gasteiger partial charge in [0.15, 0.2) is 0 Å². The topological polar surface area (TPSA) is 54.5 Å². The van der Waals surface area contributed by atoms with Crippen LogP contribution >= 0.6 is 0 Å². The number of carbonyl (C=O) groups excluding carboxylic acids is 1. The van der Waals surface area contributed by atoms with Crippen LogP contribution in [0.15, 0.2) is 36.4 Å². The van der Waals surface area contributed by atoms with Crippen LogP contribution in [0.1, 0.15) is 27.8 Å². The Bertz CT molecular complexity index is 734. The maximum atomic E-state index is 13.0. The van der Waals surface area contributed by atoms with Gasteiger partial charge in [-0.05, 0) is 43.3 Å². The van der Waals surface area contributed by atoms with Crippen molar-refractivity contribution in [2.75, 3.05) is 32.1 Å². The second kappa shape index (κ2) is 6.97. The molecule has 126 valence electrons. The van der Waals surface area contributed by atoms with E-state index >= 15 is 0 Å². The molecule has 5 nitrogen and oxygen atoms in total. The van der Waals surface area contributed by atoms with Crippen LogP contribution in [0.25, 0.3) is 0 Å². The Kier molecular flexibility index (Phi) is 4.76. The minimum Gasteiger partial charge on any atom is -0.388 e. The van der Waals surface area contributed by atoms with Gasteiger partial charge >= 0.3 is 0 Å². The van der Waals surface area contributed by atoms with Gasteiger partial charge in [0, 0.05) is 30.5 Å². The molecule has 0 aliphatic carbocycles. The number of pyridine rings is 1. The third-order valence-electron chi connectivity index (χ3n) is 4.04. The van der Waals surface area contributed by atoms with Crippen LogP contribution in [0.3, 0.4) is 0 Å². The predicted molar refractivity (Wildman–Crippen MR) is 89.5 cm³/mol. The molecule has 1 aromatic carbocycles. The van der Waals surface area contributed by atoms with Gasteiger partial charge in [-0.1, -0.05) is 0 Å². The standard InChI is InChI=1S/C18H20FN3O2/c1-12-9-15(20-2)10-16(21-12)17-11-22(7-8-24-17)18(23)13-3-5-14(19)6-4-13/h3-6,9-10,17H,7-8,11H2,1-2H3,(H,20,21)/t17-/m0/s1. The quantitative estimate of drug-likeness (QED) is 0.941. The third-order valence-corrected chi connectivity index (χ3v) is 4.04. The van der Waals surface area contributed by atoms with E-state index in [1.807, 2.05) is 26.1 Å². The van der Waals surface area contributed by atoms with Crippen LogP contribution in [0.4, 0.5) is 10.1 Å². The number of nitrogens with one attached hydrogen (secondary N) is 1. The number of morpholine rings is 1. The zero-order chi connectivity index (χ0) is 17.1. The van der Waals surface area contributed by atoms with E-state index in [0.717, 1.165) is 17.1 Å². The number of amides is 1. The highest BCUT2D eigenvalue weighted by Gasteiger charge is 2.27. The van der Waals surface area contributed by atoms with E-state index in [9.17, 15) is 9.18 Å². The van der Waals surface area contributed by atoms with Crippen molar-refractivity contribution in [3.8, 4) is 0 Å². The van der Waals surface area contributed by atoms with E-state index in [1.54, 1.807) is 4.90 Å². The first-order valence-electron chi connectivity index (χ1n) is 7.89. The van der Waals surface area contributed by atoms with Crippen LogP contribution in [-0.2, 0) is 4.74 Å². The van der Waals surface area contributed by atoms with Gasteiger partial charge in [0.1, 0.15) is 11.9 Å². The number of aryl methyl sites for hydroxylation is 1. The largest absolute Gasteiger partial charge is 0.388 e. The van der Waals surface area contributed by atoms with E-state index < -0.39 is 0 Å². The molecule has 2 aromatic rings. The number of hydrogen-bond donors (Lipinski definition) is 1. The summed E-state index contributed by atoms with van der Waals surface area (Å²) in [6.07, 6.45) is -0.268. The first-order chi connectivity index (χ1) is 11.6. The fraction of sp³-hybridized carbons (Fsp3) is 0.333. The summed E-state index contributed by atoms with van der Waals surface area (Å²) in [5.41, 5.74) is 3.13. The van der Waals surface area contributed by atoms with Crippen LogP contribution in [0, 0.1) is 12.7 Å². The number of benzene rings is 1. The van der Waals surface area contributed by atoms with Crippen molar-refractivity contribution >= 4 is 11.6 Å². The second-order valence-electron chi connectivity index (χ2n) is 5.79. The zero-order valence-corrected chi connectivity index (χ0v) is 13.8. The van der Waals surface area contributed by atoms with E-state index in [0.29, 0.717) is 25.3 Å². The molecule has 2 heterocycles. The number of halogens is 1. The molecule has 3 rings (SSSR count). The van der Waals surface area contributed by atoms with Crippen molar-refractivity contribution in [3.05, 3.63) is 59.2 Å². The summed E-state index contributed by atoms with van der Waals surface area (Å²) in [5.74, 6) is -0.472. The third kappa shape index (κ3) is 3.54. The van der Waals surface area contributed by atoms with Gasteiger partial charge in [-0.15, -0.1) is 0 Å². The van der Waals surface area contributed by atoms with Crippen molar-refractivity contribution in [1.82, 2.24) is 9.88 Å². The van der Waals surface area contributed by atoms with Gasteiger partial charge in [0.05, 0.1) is 18.8 Å². The van der Waals surface area contributed by atoms with Crippen LogP contribution in [0.2, 0.25) is 0 Å². The Hall–Kier alpha value is -2.47. The molecule has 0 radical (unpaired) electrons. The van der Waals surface area contributed by atoms with Crippen molar-refractivity contribution in [2.45, 2.75) is 13.0 Å². The van der Waals surface area contributed by atoms with Crippen LogP contribution in [-0.4, -0.2) is 42.5 Å². The Morgan fingerprint density at radius 1 is 1.33 bits per heavy atom. The van der Waals surface area contributed by atoms with Crippen molar-refractivity contribution in [2.24, 2.45) is 0 Å². The van der Waals surface area contributed by atoms with E-state index in [2.05, 4.69) is 10.3 Å². The summed E-state index contributed by atoms with van der Waals surface area (Å²) in [6, 6.07) is 9.49. The number of ether oxygens (including phenoxy) is 1. The number of aromatic nitrogens is 1. The highest BCUT2D eigenvalue weighted by molar-refractivity contribution is 5.94. The summed E-state index contributed by atoms with van der Waals surface area (Å²) < 4.78 is 18.8. The van der Waals surface area contributed by atoms with E-state index in [4.69, 9.17) is 4.74 Å². The Balaban J connectivity index is 1.78. The lowest BCUT2D eigenvalue weighted by atomic mass is 10.1. The summed E-state index contributed by atoms with van der Waals surface area (Å²) in [4.78, 5) is 18.9. The van der Waals surface area contributed by atoms with Gasteiger partial charge in [-0.3, -0.25) is 9.78 Å². The highest BCUT2D eigenvalue weighted by atomic mass is 19.1. The molecule has 0 bridgehead atoms. The molecule has 1 N–H and O–H groups in total. The van der Waals surface area contributed by atoms with Gasteiger partial charge < -0.3 is 15.0 Å². The average Bonchev–Trinajstić information content (AvgIpc) is 2.61. The molecule has 1 atom stereocenters. The van der Waals surface area contributed by atoms with Crippen molar-refractivity contribution in [3.63, 3.8) is 0 Å². The van der Waals surface area contributed by atoms with E-state index in [1.165, 1.54) is 24.3 Å². The SMILES string of the molecule is CNc1cc(C)nc([C@@H]2CN(C(=O)c3ccc(F)cc3)CCO2)c1. The van der Waals surface area contributed by atoms with Crippen LogP contribution in [0.5, 0.6) is 0 Å². The number of carbonyl (C=O) groups is 1. The normalized spacial score (nSPS) is 17.6. The fourth-order valence-corrected chi connectivity index (χ4v) is 2.79. The zero-order valence-electron chi connectivity index (χ0n) is 13.8. The van der Waals surface area contributed by atoms with Gasteiger partial charge in [-0.2, -0.15) is 0 Å². The average molecular weight is 329 g/mol. The molecule has 1 saturated heterocycles. The minimum absolute atomic E-state index is 0.121. The molecule has 1 aliphatic rings. The fourth-order valence-electron chi connectivity index (χ4n) is 2.79. The number of hydrogen-bond acceptors (Lipinski definition) is 4. The Morgan fingerprint density at radius 2 is 2.08 bits per heavy atom. The molecular weight excluding hydrogens is 309 g/mol. The number of rotatable bonds is 3. The van der Waals surface area contributed by atoms with Gasteiger partial charge in [0.25, 0.3) is 5.91 Å². The molecule has 1 aromatic heterocycles. The maximum Gasteiger partial charge on any atom is 0.254 e. The lowest BCUT2D eigenvalue weighted by molar-refractivity contribution is -0.0247. The first-order valence-corrected chi connectivity index (χ1v) is 7.89. The first kappa shape index (κ1) is 16.4. The van der Waals surface area contributed by atoms with Gasteiger partial charge in [0.2, 0.25) is 0 Å². The second-order valence-corrected chi connectivity index (χ2v) is 5.79. The van der Waals surface area contributed by atoms with E-state index in [-0.39, 0.29) is 17.8 Å². The molecule has 1 amide bonds. The molecule has 24 heavy (non-hydrogen) atoms. The molecule has 1 aliphatic heterocycles. The molecular formula is C18H20FN3O2. The van der Waals surface area contributed by atoms with Crippen molar-refractivity contribution in [1.29, 1.82) is 0 Å². The number of nitrogens with zero attached hydrogens (tertiary/aromatic N) is 2. The molecule has 1 fully saturated rings. The summed E-state index contributed by atoms with van der Waals surface area (Å²) in [6.45, 7) is 3.31. The van der Waals surface area contributed by atoms with Crippen LogP contribution < -0.4 is 5.32 Å². The van der Waals surface area contributed by atoms with Crippen molar-refractivity contribution < 1.29 is 13.9 Å². The predicted octanol–water partition coefficient (Wildman–Crippen LogP) is 2.78. The molecule has 0 spiro atoms. The maximum absolute atomic E-state index is 13.0. The highest BCUT2D eigenvalue weighted by Crippen LogP contribution is 2.24. The lowest BCUT2D eigenvalue weighted by Crippen LogP contribution is -2.42. The minimum atomic E-state index is -0.352. The van der Waals surface area contributed by atoms with Gasteiger partial charge in [-0.25, -0.2) is 4.39 Å². The lowest BCUT2D eigenvalue weighted by Gasteiger charge is -2.33. The molecule has 0 saturated carbocycles.